The van der Waals surface area contributed by atoms with E-state index < -0.39 is 0 Å². The van der Waals surface area contributed by atoms with E-state index in [9.17, 15) is 4.79 Å². The Hall–Kier alpha value is -2.11. The van der Waals surface area contributed by atoms with Crippen LogP contribution >= 0.6 is 23.2 Å². The molecule has 0 bridgehead atoms. The smallest absolute Gasteiger partial charge is 0.266 e. The van der Waals surface area contributed by atoms with Crippen molar-refractivity contribution in [2.75, 3.05) is 5.73 Å². The standard InChI is InChI=1S/C13H8Cl2N4O/c14-8-2-1-3-9(15)11(8)19-5-4-10-7(12(19)20)6-17-13(16)18-10/h1-6H,(H2,16,17,18). The van der Waals surface area contributed by atoms with Crippen LogP contribution in [-0.4, -0.2) is 14.5 Å². The van der Waals surface area contributed by atoms with Gasteiger partial charge in [0.25, 0.3) is 5.56 Å². The van der Waals surface area contributed by atoms with E-state index >= 15 is 0 Å². The summed E-state index contributed by atoms with van der Waals surface area (Å²) >= 11 is 12.2. The molecule has 3 aromatic rings. The maximum Gasteiger partial charge on any atom is 0.266 e. The maximum absolute atomic E-state index is 12.5. The highest BCUT2D eigenvalue weighted by molar-refractivity contribution is 6.37. The van der Waals surface area contributed by atoms with Crippen LogP contribution in [0.5, 0.6) is 0 Å². The molecule has 0 aliphatic heterocycles. The number of benzene rings is 1. The number of nitrogens with two attached hydrogens (primary N) is 1. The van der Waals surface area contributed by atoms with Gasteiger partial charge >= 0.3 is 0 Å². The minimum absolute atomic E-state index is 0.116. The molecule has 2 N–H and O–H groups in total. The van der Waals surface area contributed by atoms with Crippen LogP contribution in [0.2, 0.25) is 10.0 Å². The molecule has 0 saturated heterocycles. The SMILES string of the molecule is Nc1ncc2c(=O)n(-c3c(Cl)cccc3Cl)ccc2n1. The van der Waals surface area contributed by atoms with Crippen molar-refractivity contribution in [2.45, 2.75) is 0 Å². The number of nitrogens with zero attached hydrogens (tertiary/aromatic N) is 3. The summed E-state index contributed by atoms with van der Waals surface area (Å²) in [6, 6.07) is 6.70. The fourth-order valence-corrected chi connectivity index (χ4v) is 2.52. The third-order valence-corrected chi connectivity index (χ3v) is 3.46. The summed E-state index contributed by atoms with van der Waals surface area (Å²) in [5, 5.41) is 1.11. The third kappa shape index (κ3) is 2.01. The molecule has 1 aromatic carbocycles. The van der Waals surface area contributed by atoms with Gasteiger partial charge in [0.1, 0.15) is 0 Å². The van der Waals surface area contributed by atoms with Crippen molar-refractivity contribution < 1.29 is 0 Å². The van der Waals surface area contributed by atoms with E-state index in [0.29, 0.717) is 26.6 Å². The lowest BCUT2D eigenvalue weighted by atomic mass is 10.2. The van der Waals surface area contributed by atoms with Gasteiger partial charge in [-0.05, 0) is 18.2 Å². The highest BCUT2D eigenvalue weighted by Crippen LogP contribution is 2.27. The van der Waals surface area contributed by atoms with E-state index in [1.165, 1.54) is 10.8 Å². The molecule has 5 nitrogen and oxygen atoms in total. The number of pyridine rings is 1. The fourth-order valence-electron chi connectivity index (χ4n) is 1.94. The van der Waals surface area contributed by atoms with E-state index in [2.05, 4.69) is 9.97 Å². The number of nitrogen functional groups attached to an aromatic ring is 1. The van der Waals surface area contributed by atoms with Crippen LogP contribution in [0.3, 0.4) is 0 Å². The molecule has 0 unspecified atom stereocenters. The topological polar surface area (TPSA) is 73.8 Å². The first-order chi connectivity index (χ1) is 9.58. The van der Waals surface area contributed by atoms with Crippen molar-refractivity contribution in [1.29, 1.82) is 0 Å². The Labute approximate surface area is 123 Å². The summed E-state index contributed by atoms with van der Waals surface area (Å²) in [7, 11) is 0. The number of para-hydroxylation sites is 1. The number of halogens is 2. The molecule has 0 fully saturated rings. The van der Waals surface area contributed by atoms with Gasteiger partial charge in [0, 0.05) is 12.4 Å². The van der Waals surface area contributed by atoms with E-state index in [4.69, 9.17) is 28.9 Å². The van der Waals surface area contributed by atoms with Gasteiger partial charge in [0.15, 0.2) is 0 Å². The number of hydrogen-bond acceptors (Lipinski definition) is 4. The number of hydrogen-bond donors (Lipinski definition) is 1. The normalized spacial score (nSPS) is 10.9. The average Bonchev–Trinajstić information content (AvgIpc) is 2.41. The molecule has 2 aromatic heterocycles. The van der Waals surface area contributed by atoms with E-state index in [1.54, 1.807) is 30.5 Å². The minimum atomic E-state index is -0.308. The van der Waals surface area contributed by atoms with Gasteiger partial charge in [-0.2, -0.15) is 0 Å². The van der Waals surface area contributed by atoms with Gasteiger partial charge in [0.2, 0.25) is 5.95 Å². The maximum atomic E-state index is 12.5. The molecular formula is C13H8Cl2N4O. The van der Waals surface area contributed by atoms with E-state index in [0.717, 1.165) is 0 Å². The van der Waals surface area contributed by atoms with Crippen LogP contribution in [0.1, 0.15) is 0 Å². The fraction of sp³-hybridized carbons (Fsp3) is 0. The molecule has 0 amide bonds. The number of anilines is 1. The quantitative estimate of drug-likeness (QED) is 0.750. The number of rotatable bonds is 1. The van der Waals surface area contributed by atoms with E-state index in [-0.39, 0.29) is 11.5 Å². The summed E-state index contributed by atoms with van der Waals surface area (Å²) in [6.45, 7) is 0. The Bertz CT molecular complexity index is 856. The molecule has 3 rings (SSSR count). The number of fused-ring (bicyclic) bond motifs is 1. The minimum Gasteiger partial charge on any atom is -0.368 e. The largest absolute Gasteiger partial charge is 0.368 e. The van der Waals surface area contributed by atoms with Gasteiger partial charge < -0.3 is 5.73 Å². The van der Waals surface area contributed by atoms with Crippen molar-refractivity contribution in [1.82, 2.24) is 14.5 Å². The van der Waals surface area contributed by atoms with Crippen LogP contribution in [0.15, 0.2) is 41.5 Å². The average molecular weight is 307 g/mol. The van der Waals surface area contributed by atoms with Crippen molar-refractivity contribution in [3.63, 3.8) is 0 Å². The first-order valence-electron chi connectivity index (χ1n) is 5.66. The van der Waals surface area contributed by atoms with Crippen LogP contribution in [0.25, 0.3) is 16.6 Å². The Morgan fingerprint density at radius 1 is 1.15 bits per heavy atom. The van der Waals surface area contributed by atoms with Gasteiger partial charge in [0.05, 0.1) is 26.6 Å². The molecule has 7 heteroatoms. The second kappa shape index (κ2) is 4.77. The molecule has 0 atom stereocenters. The molecule has 100 valence electrons. The summed E-state index contributed by atoms with van der Waals surface area (Å²) < 4.78 is 1.37. The van der Waals surface area contributed by atoms with Crippen LogP contribution in [0, 0.1) is 0 Å². The zero-order chi connectivity index (χ0) is 14.3. The van der Waals surface area contributed by atoms with Gasteiger partial charge in [-0.3, -0.25) is 9.36 Å². The molecule has 2 heterocycles. The Morgan fingerprint density at radius 3 is 2.55 bits per heavy atom. The molecule has 0 aliphatic carbocycles. The van der Waals surface area contributed by atoms with Crippen LogP contribution in [0.4, 0.5) is 5.95 Å². The molecule has 0 saturated carbocycles. The lowest BCUT2D eigenvalue weighted by Gasteiger charge is -2.10. The Balaban J connectivity index is 2.36. The predicted molar refractivity (Wildman–Crippen MR) is 79.6 cm³/mol. The third-order valence-electron chi connectivity index (χ3n) is 2.85. The summed E-state index contributed by atoms with van der Waals surface area (Å²) in [4.78, 5) is 20.3. The van der Waals surface area contributed by atoms with Crippen molar-refractivity contribution in [2.24, 2.45) is 0 Å². The zero-order valence-electron chi connectivity index (χ0n) is 10.0. The van der Waals surface area contributed by atoms with Gasteiger partial charge in [-0.25, -0.2) is 9.97 Å². The monoisotopic (exact) mass is 306 g/mol. The highest BCUT2D eigenvalue weighted by atomic mass is 35.5. The molecule has 0 aliphatic rings. The zero-order valence-corrected chi connectivity index (χ0v) is 11.6. The molecule has 0 spiro atoms. The molecule has 20 heavy (non-hydrogen) atoms. The second-order valence-electron chi connectivity index (χ2n) is 4.09. The summed E-state index contributed by atoms with van der Waals surface area (Å²) in [5.74, 6) is 0.116. The first-order valence-corrected chi connectivity index (χ1v) is 6.42. The van der Waals surface area contributed by atoms with Crippen molar-refractivity contribution >= 4 is 40.1 Å². The van der Waals surface area contributed by atoms with E-state index in [1.807, 2.05) is 0 Å². The van der Waals surface area contributed by atoms with Gasteiger partial charge in [-0.15, -0.1) is 0 Å². The lowest BCUT2D eigenvalue weighted by Crippen LogP contribution is -2.19. The second-order valence-corrected chi connectivity index (χ2v) is 4.90. The van der Waals surface area contributed by atoms with Crippen molar-refractivity contribution in [3.05, 3.63) is 57.1 Å². The van der Waals surface area contributed by atoms with Crippen molar-refractivity contribution in [3.8, 4) is 5.69 Å². The number of aromatic nitrogens is 3. The summed E-state index contributed by atoms with van der Waals surface area (Å²) in [5.41, 5.74) is 6.09. The van der Waals surface area contributed by atoms with Crippen LogP contribution in [-0.2, 0) is 0 Å². The van der Waals surface area contributed by atoms with Crippen LogP contribution < -0.4 is 11.3 Å². The Kier molecular flexibility index (Phi) is 3.08. The lowest BCUT2D eigenvalue weighted by molar-refractivity contribution is 1.00. The summed E-state index contributed by atoms with van der Waals surface area (Å²) in [6.07, 6.45) is 2.95. The predicted octanol–water partition coefficient (Wildman–Crippen LogP) is 2.67. The molecular weight excluding hydrogens is 299 g/mol. The molecule has 0 radical (unpaired) electrons. The Morgan fingerprint density at radius 2 is 1.85 bits per heavy atom. The first kappa shape index (κ1) is 12.9. The van der Waals surface area contributed by atoms with Gasteiger partial charge in [-0.1, -0.05) is 29.3 Å². The highest BCUT2D eigenvalue weighted by Gasteiger charge is 2.12.